The van der Waals surface area contributed by atoms with Crippen molar-refractivity contribution < 1.29 is 4.74 Å². The van der Waals surface area contributed by atoms with E-state index in [9.17, 15) is 0 Å². The smallest absolute Gasteiger partial charge is 0.0980 e. The second kappa shape index (κ2) is 2.73. The number of benzene rings is 1. The Morgan fingerprint density at radius 3 is 2.88 bits per heavy atom. The maximum absolute atomic E-state index is 6.01. The number of hydrogen-bond acceptors (Lipinski definition) is 1. The van der Waals surface area contributed by atoms with E-state index < -0.39 is 0 Å². The molecule has 1 aromatic carbocycles. The highest BCUT2D eigenvalue weighted by Gasteiger charge is 2.51. The first-order valence-corrected chi connectivity index (χ1v) is 6.56. The van der Waals surface area contributed by atoms with Gasteiger partial charge < -0.3 is 4.74 Å². The third-order valence-electron chi connectivity index (χ3n) is 4.98. The molecule has 0 amide bonds. The summed E-state index contributed by atoms with van der Waals surface area (Å²) in [5, 5.41) is 0. The molecule has 2 heterocycles. The normalized spacial score (nSPS) is 43.5. The van der Waals surface area contributed by atoms with E-state index in [0.29, 0.717) is 30.0 Å². The molecular weight excluding hydrogens is 208 g/mol. The molecule has 0 aromatic heterocycles. The molecule has 0 saturated carbocycles. The van der Waals surface area contributed by atoms with Gasteiger partial charge in [0, 0.05) is 11.8 Å². The van der Waals surface area contributed by atoms with Crippen LogP contribution >= 0.6 is 0 Å². The molecule has 1 saturated heterocycles. The van der Waals surface area contributed by atoms with Crippen molar-refractivity contribution in [2.24, 2.45) is 5.92 Å². The van der Waals surface area contributed by atoms with Crippen LogP contribution in [0.15, 0.2) is 48.1 Å². The average Bonchev–Trinajstić information content (AvgIpc) is 3.05. The van der Waals surface area contributed by atoms with Gasteiger partial charge in [0.25, 0.3) is 0 Å². The highest BCUT2D eigenvalue weighted by molar-refractivity contribution is 5.50. The van der Waals surface area contributed by atoms with Gasteiger partial charge in [-0.2, -0.15) is 0 Å². The molecule has 5 rings (SSSR count). The third-order valence-corrected chi connectivity index (χ3v) is 4.98. The van der Waals surface area contributed by atoms with Gasteiger partial charge in [0.15, 0.2) is 0 Å². The summed E-state index contributed by atoms with van der Waals surface area (Å²) in [7, 11) is 0. The zero-order valence-electron chi connectivity index (χ0n) is 9.54. The van der Waals surface area contributed by atoms with Crippen LogP contribution in [0, 0.1) is 5.92 Å². The summed E-state index contributed by atoms with van der Waals surface area (Å²) in [5.74, 6) is 1.99. The van der Waals surface area contributed by atoms with Gasteiger partial charge >= 0.3 is 0 Å². The highest BCUT2D eigenvalue weighted by Crippen LogP contribution is 2.58. The van der Waals surface area contributed by atoms with Gasteiger partial charge in [0.05, 0.1) is 12.2 Å². The van der Waals surface area contributed by atoms with Gasteiger partial charge in [-0.25, -0.2) is 0 Å². The summed E-state index contributed by atoms with van der Waals surface area (Å²) in [4.78, 5) is 0. The molecule has 4 bridgehead atoms. The van der Waals surface area contributed by atoms with Crippen molar-refractivity contribution in [3.05, 3.63) is 59.2 Å². The Morgan fingerprint density at radius 2 is 1.94 bits per heavy atom. The largest absolute Gasteiger partial charge is 0.362 e. The number of ether oxygens (including phenoxy) is 1. The zero-order valence-corrected chi connectivity index (χ0v) is 9.54. The zero-order chi connectivity index (χ0) is 11.0. The van der Waals surface area contributed by atoms with Crippen LogP contribution in [0.1, 0.15) is 29.4 Å². The van der Waals surface area contributed by atoms with Crippen LogP contribution < -0.4 is 0 Å². The molecule has 0 radical (unpaired) electrons. The standard InChI is InChI=1S/C16H14O/c1-2-4-11-10(3-1)9-7-12(11)16-13(8-9)14-5-6-15(16)17-14/h1-6,8-9,12,14-16H,7H2/t9-,12-,14-,15+,16-/m0/s1. The minimum Gasteiger partial charge on any atom is -0.362 e. The van der Waals surface area contributed by atoms with Crippen molar-refractivity contribution in [2.45, 2.75) is 30.5 Å². The lowest BCUT2D eigenvalue weighted by Gasteiger charge is -2.29. The fourth-order valence-corrected chi connectivity index (χ4v) is 4.35. The van der Waals surface area contributed by atoms with Crippen LogP contribution in [0.5, 0.6) is 0 Å². The molecule has 5 atom stereocenters. The van der Waals surface area contributed by atoms with E-state index in [1.807, 2.05) is 0 Å². The summed E-state index contributed by atoms with van der Waals surface area (Å²) in [5.41, 5.74) is 4.71. The first-order valence-electron chi connectivity index (χ1n) is 6.56. The minimum atomic E-state index is 0.296. The van der Waals surface area contributed by atoms with Crippen molar-refractivity contribution in [1.82, 2.24) is 0 Å². The van der Waals surface area contributed by atoms with Crippen molar-refractivity contribution in [3.8, 4) is 0 Å². The van der Waals surface area contributed by atoms with Crippen LogP contribution in [0.25, 0.3) is 0 Å². The number of fused-ring (bicyclic) bond motifs is 11. The quantitative estimate of drug-likeness (QED) is 0.613. The van der Waals surface area contributed by atoms with E-state index in [0.717, 1.165) is 0 Å². The summed E-state index contributed by atoms with van der Waals surface area (Å²) in [6.45, 7) is 0. The monoisotopic (exact) mass is 222 g/mol. The molecule has 84 valence electrons. The topological polar surface area (TPSA) is 9.23 Å². The Kier molecular flexibility index (Phi) is 1.40. The summed E-state index contributed by atoms with van der Waals surface area (Å²) in [6.07, 6.45) is 8.96. The van der Waals surface area contributed by atoms with E-state index in [2.05, 4.69) is 42.5 Å². The van der Waals surface area contributed by atoms with Gasteiger partial charge in [0.1, 0.15) is 0 Å². The molecule has 4 aliphatic rings. The first kappa shape index (κ1) is 8.71. The first-order chi connectivity index (χ1) is 8.42. The van der Waals surface area contributed by atoms with Crippen LogP contribution in [0.4, 0.5) is 0 Å². The Morgan fingerprint density at radius 1 is 1.06 bits per heavy atom. The van der Waals surface area contributed by atoms with Crippen molar-refractivity contribution >= 4 is 0 Å². The van der Waals surface area contributed by atoms with E-state index in [1.165, 1.54) is 6.42 Å². The molecule has 1 aromatic rings. The summed E-state index contributed by atoms with van der Waals surface area (Å²) < 4.78 is 6.01. The Bertz CT molecular complexity index is 569. The van der Waals surface area contributed by atoms with Crippen LogP contribution in [-0.4, -0.2) is 12.2 Å². The molecule has 2 aliphatic heterocycles. The van der Waals surface area contributed by atoms with E-state index in [-0.39, 0.29) is 0 Å². The average molecular weight is 222 g/mol. The summed E-state index contributed by atoms with van der Waals surface area (Å²) >= 11 is 0. The van der Waals surface area contributed by atoms with Crippen LogP contribution in [-0.2, 0) is 4.74 Å². The Labute approximate surface area is 101 Å². The lowest BCUT2D eigenvalue weighted by Crippen LogP contribution is -2.24. The predicted octanol–water partition coefficient (Wildman–Crippen LogP) is 3.15. The number of rotatable bonds is 0. The fraction of sp³-hybridized carbons (Fsp3) is 0.375. The number of allylic oxidation sites excluding steroid dienone is 1. The van der Waals surface area contributed by atoms with Crippen LogP contribution in [0.2, 0.25) is 0 Å². The van der Waals surface area contributed by atoms with Crippen molar-refractivity contribution in [1.29, 1.82) is 0 Å². The van der Waals surface area contributed by atoms with Gasteiger partial charge in [0.2, 0.25) is 0 Å². The number of hydrogen-bond donors (Lipinski definition) is 0. The van der Waals surface area contributed by atoms with E-state index >= 15 is 0 Å². The second-order valence-corrected chi connectivity index (χ2v) is 5.68. The highest BCUT2D eigenvalue weighted by atomic mass is 16.5. The third kappa shape index (κ3) is 0.916. The van der Waals surface area contributed by atoms with Crippen molar-refractivity contribution in [3.63, 3.8) is 0 Å². The van der Waals surface area contributed by atoms with E-state index in [1.54, 1.807) is 16.7 Å². The second-order valence-electron chi connectivity index (χ2n) is 5.68. The predicted molar refractivity (Wildman–Crippen MR) is 65.9 cm³/mol. The lowest BCUT2D eigenvalue weighted by atomic mass is 9.73. The van der Waals surface area contributed by atoms with Crippen molar-refractivity contribution in [2.75, 3.05) is 0 Å². The van der Waals surface area contributed by atoms with Crippen LogP contribution in [0.3, 0.4) is 0 Å². The van der Waals surface area contributed by atoms with Gasteiger partial charge in [-0.15, -0.1) is 0 Å². The Hall–Kier alpha value is -1.34. The molecule has 17 heavy (non-hydrogen) atoms. The van der Waals surface area contributed by atoms with E-state index in [4.69, 9.17) is 4.74 Å². The summed E-state index contributed by atoms with van der Waals surface area (Å²) in [6, 6.07) is 9.00. The Balaban J connectivity index is 1.74. The maximum Gasteiger partial charge on any atom is 0.0980 e. The molecule has 1 fully saturated rings. The molecule has 0 unspecified atom stereocenters. The maximum atomic E-state index is 6.01. The van der Waals surface area contributed by atoms with Gasteiger partial charge in [-0.3, -0.25) is 0 Å². The van der Waals surface area contributed by atoms with Gasteiger partial charge in [-0.1, -0.05) is 42.5 Å². The lowest BCUT2D eigenvalue weighted by molar-refractivity contribution is 0.106. The molecule has 1 heteroatoms. The molecule has 1 nitrogen and oxygen atoms in total. The molecule has 0 N–H and O–H groups in total. The SMILES string of the molecule is C1=C[C@H]2O[C@@H]1C1=C[C@@H]3C[C@@H](c4ccccc43)[C@@H]12. The molecular formula is C16H14O. The molecule has 2 aliphatic carbocycles. The fourth-order valence-electron chi connectivity index (χ4n) is 4.35. The van der Waals surface area contributed by atoms with Gasteiger partial charge in [-0.05, 0) is 29.0 Å². The molecule has 0 spiro atoms. The minimum absolute atomic E-state index is 0.296.